The van der Waals surface area contributed by atoms with E-state index in [4.69, 9.17) is 9.47 Å². The first-order valence-electron chi connectivity index (χ1n) is 8.68. The second-order valence-electron chi connectivity index (χ2n) is 6.22. The third-order valence-electron chi connectivity index (χ3n) is 4.10. The molecule has 1 aromatic heterocycles. The van der Waals surface area contributed by atoms with Gasteiger partial charge in [0, 0.05) is 6.07 Å². The lowest BCUT2D eigenvalue weighted by atomic mass is 10.1. The van der Waals surface area contributed by atoms with E-state index in [0.29, 0.717) is 16.5 Å². The van der Waals surface area contributed by atoms with Gasteiger partial charge in [-0.05, 0) is 48.8 Å². The number of phenols is 2. The van der Waals surface area contributed by atoms with Crippen molar-refractivity contribution in [1.29, 1.82) is 0 Å². The van der Waals surface area contributed by atoms with E-state index in [1.165, 1.54) is 23.5 Å². The Bertz CT molecular complexity index is 917. The van der Waals surface area contributed by atoms with E-state index in [2.05, 4.69) is 5.32 Å². The molecule has 3 rings (SSSR count). The molecule has 28 heavy (non-hydrogen) atoms. The maximum Gasteiger partial charge on any atom is 0.342 e. The number of amides is 1. The molecule has 0 unspecified atom stereocenters. The number of anilines is 1. The monoisotopic (exact) mass is 405 g/mol. The Hall–Kier alpha value is -3.07. The van der Waals surface area contributed by atoms with E-state index in [0.717, 1.165) is 24.5 Å². The van der Waals surface area contributed by atoms with Gasteiger partial charge < -0.3 is 25.0 Å². The zero-order valence-electron chi connectivity index (χ0n) is 15.1. The number of phenolic OH excluding ortho intramolecular Hbond substituents is 2. The molecule has 0 saturated heterocycles. The number of esters is 2. The first-order chi connectivity index (χ1) is 13.4. The van der Waals surface area contributed by atoms with Gasteiger partial charge in [-0.1, -0.05) is 0 Å². The Labute approximate surface area is 164 Å². The van der Waals surface area contributed by atoms with Crippen molar-refractivity contribution >= 4 is 34.2 Å². The molecule has 2 aromatic rings. The van der Waals surface area contributed by atoms with Gasteiger partial charge in [-0.3, -0.25) is 4.79 Å². The lowest BCUT2D eigenvalue weighted by Crippen LogP contribution is -2.22. The fourth-order valence-corrected chi connectivity index (χ4v) is 3.68. The van der Waals surface area contributed by atoms with Crippen LogP contribution in [0.3, 0.4) is 0 Å². The highest BCUT2D eigenvalue weighted by molar-refractivity contribution is 7.15. The number of ether oxygens (including phenoxy) is 2. The van der Waals surface area contributed by atoms with Gasteiger partial charge in [0.05, 0.1) is 12.2 Å². The number of hydrogen-bond acceptors (Lipinski definition) is 8. The third kappa shape index (κ3) is 4.42. The van der Waals surface area contributed by atoms with Crippen LogP contribution in [0.2, 0.25) is 0 Å². The average molecular weight is 405 g/mol. The summed E-state index contributed by atoms with van der Waals surface area (Å²) in [4.78, 5) is 36.4. The highest BCUT2D eigenvalue weighted by atomic mass is 32.1. The molecule has 1 aliphatic carbocycles. The highest BCUT2D eigenvalue weighted by Gasteiger charge is 2.32. The van der Waals surface area contributed by atoms with Crippen LogP contribution in [-0.4, -0.2) is 41.3 Å². The second-order valence-corrected chi connectivity index (χ2v) is 7.10. The van der Waals surface area contributed by atoms with Crippen LogP contribution < -0.4 is 5.32 Å². The van der Waals surface area contributed by atoms with Gasteiger partial charge in [0.2, 0.25) is 0 Å². The molecule has 1 heterocycles. The fourth-order valence-electron chi connectivity index (χ4n) is 2.64. The molecule has 0 aliphatic heterocycles. The highest BCUT2D eigenvalue weighted by Crippen LogP contribution is 2.46. The summed E-state index contributed by atoms with van der Waals surface area (Å²) in [5.41, 5.74) is 1.04. The number of thiophene rings is 1. The molecule has 3 N–H and O–H groups in total. The topological polar surface area (TPSA) is 122 Å². The number of carbonyl (C=O) groups excluding carboxylic acids is 3. The Morgan fingerprint density at radius 1 is 1.18 bits per heavy atom. The van der Waals surface area contributed by atoms with Gasteiger partial charge in [-0.15, -0.1) is 11.3 Å². The van der Waals surface area contributed by atoms with Gasteiger partial charge >= 0.3 is 11.9 Å². The van der Waals surface area contributed by atoms with E-state index < -0.39 is 30.2 Å². The van der Waals surface area contributed by atoms with Gasteiger partial charge in [0.15, 0.2) is 6.61 Å². The Morgan fingerprint density at radius 2 is 1.93 bits per heavy atom. The number of hydrogen-bond donors (Lipinski definition) is 3. The normalized spacial score (nSPS) is 13.0. The maximum absolute atomic E-state index is 12.3. The predicted molar refractivity (Wildman–Crippen MR) is 101 cm³/mol. The number of aromatic hydroxyl groups is 2. The van der Waals surface area contributed by atoms with Crippen LogP contribution in [0.1, 0.15) is 52.0 Å². The van der Waals surface area contributed by atoms with E-state index in [9.17, 15) is 24.6 Å². The van der Waals surface area contributed by atoms with Crippen molar-refractivity contribution in [2.75, 3.05) is 18.5 Å². The van der Waals surface area contributed by atoms with Crippen LogP contribution in [0.4, 0.5) is 5.00 Å². The fraction of sp³-hybridized carbons (Fsp3) is 0.316. The van der Waals surface area contributed by atoms with Gasteiger partial charge in [-0.25, -0.2) is 9.59 Å². The summed E-state index contributed by atoms with van der Waals surface area (Å²) >= 11 is 1.22. The van der Waals surface area contributed by atoms with E-state index in [1.54, 1.807) is 6.92 Å². The van der Waals surface area contributed by atoms with Crippen LogP contribution in [-0.2, 0) is 14.3 Å². The minimum Gasteiger partial charge on any atom is -0.508 e. The summed E-state index contributed by atoms with van der Waals surface area (Å²) < 4.78 is 9.98. The minimum atomic E-state index is -0.914. The summed E-state index contributed by atoms with van der Waals surface area (Å²) in [5.74, 6) is -2.39. The Kier molecular flexibility index (Phi) is 5.84. The molecule has 9 heteroatoms. The summed E-state index contributed by atoms with van der Waals surface area (Å²) in [6.45, 7) is 1.33. The van der Waals surface area contributed by atoms with Crippen LogP contribution >= 0.6 is 11.3 Å². The smallest absolute Gasteiger partial charge is 0.342 e. The molecule has 0 bridgehead atoms. The van der Waals surface area contributed by atoms with Crippen molar-refractivity contribution < 1.29 is 34.1 Å². The predicted octanol–water partition coefficient (Wildman–Crippen LogP) is 3.01. The average Bonchev–Trinajstić information content (AvgIpc) is 3.40. The largest absolute Gasteiger partial charge is 0.508 e. The third-order valence-corrected chi connectivity index (χ3v) is 5.02. The van der Waals surface area contributed by atoms with Crippen LogP contribution in [0, 0.1) is 0 Å². The Balaban J connectivity index is 1.65. The molecule has 1 aromatic carbocycles. The van der Waals surface area contributed by atoms with Crippen molar-refractivity contribution in [3.63, 3.8) is 0 Å². The van der Waals surface area contributed by atoms with Crippen LogP contribution in [0.5, 0.6) is 11.5 Å². The first kappa shape index (κ1) is 19.7. The lowest BCUT2D eigenvalue weighted by molar-refractivity contribution is -0.119. The molecule has 1 fully saturated rings. The molecule has 148 valence electrons. The number of benzene rings is 1. The summed E-state index contributed by atoms with van der Waals surface area (Å²) in [6.07, 6.45) is 1.98. The number of nitrogens with one attached hydrogen (secondary N) is 1. The minimum absolute atomic E-state index is 0.176. The first-order valence-corrected chi connectivity index (χ1v) is 9.56. The standard InChI is InChI=1S/C19H19NO7S/c1-2-26-19(25)16-13(10-3-4-10)9-28-17(16)20-15(23)8-27-18(24)12-6-5-11(21)7-14(12)22/h5-7,9-10,21-22H,2-4,8H2,1H3,(H,20,23). The molecule has 1 amide bonds. The zero-order valence-corrected chi connectivity index (χ0v) is 15.9. The number of rotatable bonds is 7. The number of carbonyl (C=O) groups is 3. The zero-order chi connectivity index (χ0) is 20.3. The molecule has 0 atom stereocenters. The maximum atomic E-state index is 12.3. The van der Waals surface area contributed by atoms with Crippen molar-refractivity contribution in [3.8, 4) is 11.5 Å². The molecule has 8 nitrogen and oxygen atoms in total. The van der Waals surface area contributed by atoms with Crippen molar-refractivity contribution in [3.05, 3.63) is 40.3 Å². The molecule has 1 aliphatic rings. The van der Waals surface area contributed by atoms with Crippen molar-refractivity contribution in [1.82, 2.24) is 0 Å². The molecular weight excluding hydrogens is 386 g/mol. The van der Waals surface area contributed by atoms with E-state index >= 15 is 0 Å². The molecule has 0 spiro atoms. The second kappa shape index (κ2) is 8.30. The lowest BCUT2D eigenvalue weighted by Gasteiger charge is -2.09. The van der Waals surface area contributed by atoms with E-state index in [-0.39, 0.29) is 17.9 Å². The van der Waals surface area contributed by atoms with E-state index in [1.807, 2.05) is 5.38 Å². The summed E-state index contributed by atoms with van der Waals surface area (Å²) in [5, 5.41) is 23.7. The molecular formula is C19H19NO7S. The SMILES string of the molecule is CCOC(=O)c1c(C2CC2)csc1NC(=O)COC(=O)c1ccc(O)cc1O. The molecule has 0 radical (unpaired) electrons. The quantitative estimate of drug-likeness (QED) is 0.605. The summed E-state index contributed by atoms with van der Waals surface area (Å²) in [6, 6.07) is 3.39. The summed E-state index contributed by atoms with van der Waals surface area (Å²) in [7, 11) is 0. The van der Waals surface area contributed by atoms with Gasteiger partial charge in [0.1, 0.15) is 22.1 Å². The van der Waals surface area contributed by atoms with Crippen molar-refractivity contribution in [2.24, 2.45) is 0 Å². The van der Waals surface area contributed by atoms with Crippen LogP contribution in [0.15, 0.2) is 23.6 Å². The van der Waals surface area contributed by atoms with Gasteiger partial charge in [0.25, 0.3) is 5.91 Å². The van der Waals surface area contributed by atoms with Gasteiger partial charge in [-0.2, -0.15) is 0 Å². The Morgan fingerprint density at radius 3 is 2.57 bits per heavy atom. The molecule has 1 saturated carbocycles. The van der Waals surface area contributed by atoms with Crippen molar-refractivity contribution in [2.45, 2.75) is 25.7 Å². The van der Waals surface area contributed by atoms with Crippen LogP contribution in [0.25, 0.3) is 0 Å².